The number of nitrogens with one attached hydrogen (secondary N) is 1. The van der Waals surface area contributed by atoms with Gasteiger partial charge in [0.05, 0.1) is 5.52 Å². The van der Waals surface area contributed by atoms with Gasteiger partial charge in [0.15, 0.2) is 5.82 Å². The van der Waals surface area contributed by atoms with Gasteiger partial charge >= 0.3 is 0 Å². The lowest BCUT2D eigenvalue weighted by Gasteiger charge is -2.05. The minimum Gasteiger partial charge on any atom is -0.342 e. The van der Waals surface area contributed by atoms with Crippen molar-refractivity contribution in [2.24, 2.45) is 0 Å². The second-order valence-electron chi connectivity index (χ2n) is 5.19. The largest absolute Gasteiger partial charge is 0.342 e. The van der Waals surface area contributed by atoms with E-state index in [-0.39, 0.29) is 0 Å². The molecule has 0 bridgehead atoms. The number of rotatable bonds is 2. The van der Waals surface area contributed by atoms with Gasteiger partial charge in [-0.05, 0) is 37.0 Å². The van der Waals surface area contributed by atoms with Crippen molar-refractivity contribution in [3.8, 4) is 11.5 Å². The van der Waals surface area contributed by atoms with Crippen molar-refractivity contribution in [3.63, 3.8) is 0 Å². The van der Waals surface area contributed by atoms with E-state index >= 15 is 0 Å². The monoisotopic (exact) mass is 279 g/mol. The van der Waals surface area contributed by atoms with Gasteiger partial charge in [-0.25, -0.2) is 9.97 Å². The van der Waals surface area contributed by atoms with Gasteiger partial charge in [-0.15, -0.1) is 0 Å². The Balaban J connectivity index is 1.87. The minimum absolute atomic E-state index is 0.624. The molecule has 4 heteroatoms. The van der Waals surface area contributed by atoms with Crippen LogP contribution in [0.3, 0.4) is 0 Å². The van der Waals surface area contributed by atoms with Crippen molar-refractivity contribution in [1.29, 1.82) is 0 Å². The number of para-hydroxylation sites is 1. The van der Waals surface area contributed by atoms with Crippen molar-refractivity contribution in [2.75, 3.05) is 0 Å². The molecular weight excluding hydrogens is 266 g/mol. The van der Waals surface area contributed by atoms with Crippen molar-refractivity contribution < 1.29 is 0 Å². The first kappa shape index (κ1) is 11.7. The molecule has 0 spiro atoms. The van der Waals surface area contributed by atoms with Crippen LogP contribution in [0.1, 0.15) is 24.5 Å². The SMILES string of the molecule is S=c1cc(C2CC2)[nH]c(-c2ccc3ccccc3n2)n1. The Labute approximate surface area is 121 Å². The number of hydrogen-bond acceptors (Lipinski definition) is 3. The summed E-state index contributed by atoms with van der Waals surface area (Å²) < 4.78 is 0.635. The lowest BCUT2D eigenvalue weighted by atomic mass is 10.2. The molecule has 0 atom stereocenters. The van der Waals surface area contributed by atoms with Gasteiger partial charge in [0.2, 0.25) is 0 Å². The van der Waals surface area contributed by atoms with E-state index < -0.39 is 0 Å². The highest BCUT2D eigenvalue weighted by atomic mass is 32.1. The van der Waals surface area contributed by atoms with E-state index in [1.807, 2.05) is 30.3 Å². The Morgan fingerprint density at radius 2 is 1.90 bits per heavy atom. The van der Waals surface area contributed by atoms with Crippen LogP contribution < -0.4 is 0 Å². The highest BCUT2D eigenvalue weighted by Crippen LogP contribution is 2.39. The second kappa shape index (κ2) is 4.49. The summed E-state index contributed by atoms with van der Waals surface area (Å²) in [6.07, 6.45) is 2.47. The zero-order valence-electron chi connectivity index (χ0n) is 10.8. The highest BCUT2D eigenvalue weighted by Gasteiger charge is 2.24. The van der Waals surface area contributed by atoms with E-state index in [1.165, 1.54) is 18.5 Å². The number of aromatic nitrogens is 3. The normalized spacial score (nSPS) is 14.6. The molecule has 0 saturated heterocycles. The van der Waals surface area contributed by atoms with E-state index in [1.54, 1.807) is 0 Å². The molecule has 3 aromatic rings. The van der Waals surface area contributed by atoms with Gasteiger partial charge < -0.3 is 4.98 Å². The van der Waals surface area contributed by atoms with Gasteiger partial charge in [-0.2, -0.15) is 0 Å². The summed E-state index contributed by atoms with van der Waals surface area (Å²) in [5.74, 6) is 1.39. The predicted octanol–water partition coefficient (Wildman–Crippen LogP) is 4.23. The fourth-order valence-electron chi connectivity index (χ4n) is 2.41. The highest BCUT2D eigenvalue weighted by molar-refractivity contribution is 7.71. The molecule has 1 fully saturated rings. The molecule has 0 radical (unpaired) electrons. The maximum Gasteiger partial charge on any atom is 0.157 e. The summed E-state index contributed by atoms with van der Waals surface area (Å²) in [7, 11) is 0. The molecule has 1 saturated carbocycles. The summed E-state index contributed by atoms with van der Waals surface area (Å²) in [6, 6.07) is 14.1. The van der Waals surface area contributed by atoms with Crippen LogP contribution in [0.4, 0.5) is 0 Å². The molecule has 98 valence electrons. The van der Waals surface area contributed by atoms with E-state index in [2.05, 4.69) is 27.1 Å². The minimum atomic E-state index is 0.624. The summed E-state index contributed by atoms with van der Waals surface area (Å²) in [6.45, 7) is 0. The van der Waals surface area contributed by atoms with Crippen LogP contribution in [-0.2, 0) is 0 Å². The van der Waals surface area contributed by atoms with Crippen molar-refractivity contribution in [1.82, 2.24) is 15.0 Å². The Kier molecular flexibility index (Phi) is 2.63. The standard InChI is InChI=1S/C16H13N3S/c20-15-9-14(11-5-6-11)18-16(19-15)13-8-7-10-3-1-2-4-12(10)17-13/h1-4,7-9,11H,5-6H2,(H,18,19,20). The number of pyridine rings is 1. The third kappa shape index (κ3) is 2.12. The molecule has 1 aliphatic rings. The van der Waals surface area contributed by atoms with Crippen LogP contribution in [0, 0.1) is 4.64 Å². The summed E-state index contributed by atoms with van der Waals surface area (Å²) in [5, 5.41) is 1.13. The van der Waals surface area contributed by atoms with Crippen molar-refractivity contribution in [2.45, 2.75) is 18.8 Å². The summed E-state index contributed by atoms with van der Waals surface area (Å²) in [5.41, 5.74) is 3.01. The smallest absolute Gasteiger partial charge is 0.157 e. The molecule has 1 aromatic carbocycles. The average molecular weight is 279 g/mol. The Bertz CT molecular complexity index is 849. The van der Waals surface area contributed by atoms with Gasteiger partial charge in [-0.1, -0.05) is 36.5 Å². The Hall–Kier alpha value is -2.07. The number of aromatic amines is 1. The molecule has 4 rings (SSSR count). The first-order valence-corrected chi connectivity index (χ1v) is 7.18. The van der Waals surface area contributed by atoms with E-state index in [9.17, 15) is 0 Å². The molecule has 2 aromatic heterocycles. The van der Waals surface area contributed by atoms with E-state index in [0.29, 0.717) is 10.6 Å². The van der Waals surface area contributed by atoms with Crippen LogP contribution in [-0.4, -0.2) is 15.0 Å². The van der Waals surface area contributed by atoms with Gasteiger partial charge in [-0.3, -0.25) is 0 Å². The van der Waals surface area contributed by atoms with Gasteiger partial charge in [0.1, 0.15) is 10.3 Å². The number of benzene rings is 1. The lowest BCUT2D eigenvalue weighted by molar-refractivity contribution is 0.983. The molecule has 20 heavy (non-hydrogen) atoms. The zero-order chi connectivity index (χ0) is 13.5. The molecular formula is C16H13N3S. The molecule has 3 nitrogen and oxygen atoms in total. The fourth-order valence-corrected chi connectivity index (χ4v) is 2.63. The topological polar surface area (TPSA) is 41.6 Å². The third-order valence-corrected chi connectivity index (χ3v) is 3.83. The molecule has 2 heterocycles. The maximum atomic E-state index is 5.27. The van der Waals surface area contributed by atoms with Crippen molar-refractivity contribution in [3.05, 3.63) is 52.8 Å². The molecule has 1 aliphatic carbocycles. The maximum absolute atomic E-state index is 5.27. The summed E-state index contributed by atoms with van der Waals surface area (Å²) >= 11 is 5.27. The first-order valence-electron chi connectivity index (χ1n) is 6.77. The van der Waals surface area contributed by atoms with Crippen molar-refractivity contribution >= 4 is 23.1 Å². The molecule has 1 N–H and O–H groups in total. The summed E-state index contributed by atoms with van der Waals surface area (Å²) in [4.78, 5) is 12.5. The third-order valence-electron chi connectivity index (χ3n) is 3.62. The van der Waals surface area contributed by atoms with Gasteiger partial charge in [0.25, 0.3) is 0 Å². The van der Waals surface area contributed by atoms with Crippen LogP contribution in [0.15, 0.2) is 42.5 Å². The van der Waals surface area contributed by atoms with Gasteiger partial charge in [0, 0.05) is 11.1 Å². The van der Waals surface area contributed by atoms with E-state index in [0.717, 1.165) is 22.4 Å². The molecule has 0 aliphatic heterocycles. The quantitative estimate of drug-likeness (QED) is 0.714. The number of nitrogens with zero attached hydrogens (tertiary/aromatic N) is 2. The van der Waals surface area contributed by atoms with Crippen LogP contribution in [0.25, 0.3) is 22.4 Å². The van der Waals surface area contributed by atoms with Crippen LogP contribution in [0.2, 0.25) is 0 Å². The predicted molar refractivity (Wildman–Crippen MR) is 82.1 cm³/mol. The van der Waals surface area contributed by atoms with Crippen LogP contribution in [0.5, 0.6) is 0 Å². The number of H-pyrrole nitrogens is 1. The lowest BCUT2D eigenvalue weighted by Crippen LogP contribution is -1.96. The van der Waals surface area contributed by atoms with Crippen LogP contribution >= 0.6 is 12.2 Å². The first-order chi connectivity index (χ1) is 9.79. The Morgan fingerprint density at radius 3 is 2.75 bits per heavy atom. The number of fused-ring (bicyclic) bond motifs is 1. The zero-order valence-corrected chi connectivity index (χ0v) is 11.7. The van der Waals surface area contributed by atoms with E-state index in [4.69, 9.17) is 12.2 Å². The number of hydrogen-bond donors (Lipinski definition) is 1. The average Bonchev–Trinajstić information content (AvgIpc) is 3.31. The Morgan fingerprint density at radius 1 is 1.05 bits per heavy atom. The molecule has 0 unspecified atom stereocenters. The fraction of sp³-hybridized carbons (Fsp3) is 0.188. The second-order valence-corrected chi connectivity index (χ2v) is 5.61. The molecule has 0 amide bonds.